The molecule has 0 saturated carbocycles. The summed E-state index contributed by atoms with van der Waals surface area (Å²) >= 11 is 0. The van der Waals surface area contributed by atoms with E-state index in [0.29, 0.717) is 5.54 Å². The molecule has 2 heterocycles. The molecule has 2 heteroatoms. The summed E-state index contributed by atoms with van der Waals surface area (Å²) < 4.78 is 0. The van der Waals surface area contributed by atoms with Crippen molar-refractivity contribution in [3.63, 3.8) is 0 Å². The van der Waals surface area contributed by atoms with Gasteiger partial charge < -0.3 is 5.32 Å². The summed E-state index contributed by atoms with van der Waals surface area (Å²) in [6, 6.07) is 0.726. The van der Waals surface area contributed by atoms with Gasteiger partial charge in [-0.05, 0) is 46.2 Å². The maximum absolute atomic E-state index is 3.60. The lowest BCUT2D eigenvalue weighted by atomic mass is 9.80. The fourth-order valence-electron chi connectivity index (χ4n) is 2.44. The Bertz CT molecular complexity index is 162. The van der Waals surface area contributed by atoms with Crippen LogP contribution in [0, 0.1) is 0 Å². The highest BCUT2D eigenvalue weighted by Gasteiger charge is 2.40. The van der Waals surface area contributed by atoms with Gasteiger partial charge in [-0.3, -0.25) is 4.90 Å². The Morgan fingerprint density at radius 3 is 2.29 bits per heavy atom. The minimum absolute atomic E-state index is 0.530. The Labute approximate surface area is 89.1 Å². The van der Waals surface area contributed by atoms with E-state index in [2.05, 4.69) is 24.1 Å². The van der Waals surface area contributed by atoms with Crippen molar-refractivity contribution in [1.82, 2.24) is 10.2 Å². The van der Waals surface area contributed by atoms with Crippen LogP contribution in [-0.4, -0.2) is 36.1 Å². The Kier molecular flexibility index (Phi) is 4.39. The van der Waals surface area contributed by atoms with Crippen LogP contribution in [0.4, 0.5) is 0 Å². The van der Waals surface area contributed by atoms with E-state index in [-0.39, 0.29) is 0 Å². The highest BCUT2D eigenvalue weighted by Crippen LogP contribution is 2.30. The van der Waals surface area contributed by atoms with Crippen molar-refractivity contribution < 1.29 is 0 Å². The van der Waals surface area contributed by atoms with Crippen molar-refractivity contribution >= 4 is 0 Å². The zero-order valence-electron chi connectivity index (χ0n) is 10.3. The molecule has 0 radical (unpaired) electrons. The van der Waals surface area contributed by atoms with Gasteiger partial charge in [0.2, 0.25) is 0 Å². The van der Waals surface area contributed by atoms with Gasteiger partial charge >= 0.3 is 0 Å². The number of piperidine rings is 1. The van der Waals surface area contributed by atoms with Crippen LogP contribution < -0.4 is 5.32 Å². The summed E-state index contributed by atoms with van der Waals surface area (Å²) in [5, 5.41) is 3.60. The van der Waals surface area contributed by atoms with Gasteiger partial charge in [-0.2, -0.15) is 0 Å². The predicted molar refractivity (Wildman–Crippen MR) is 62.6 cm³/mol. The van der Waals surface area contributed by atoms with Crippen LogP contribution >= 0.6 is 0 Å². The molecule has 1 atom stereocenters. The second kappa shape index (κ2) is 5.13. The number of hydrogen-bond donors (Lipinski definition) is 1. The third kappa shape index (κ3) is 2.48. The molecule has 0 amide bonds. The SMILES string of the molecule is CC.CC(C)N1CCCC2(CCN2)C1. The monoisotopic (exact) mass is 198 g/mol. The number of nitrogens with one attached hydrogen (secondary N) is 1. The van der Waals surface area contributed by atoms with E-state index in [0.717, 1.165) is 6.04 Å². The fourth-order valence-corrected chi connectivity index (χ4v) is 2.44. The molecule has 0 aromatic heterocycles. The Hall–Kier alpha value is -0.0800. The van der Waals surface area contributed by atoms with E-state index in [1.165, 1.54) is 38.9 Å². The quantitative estimate of drug-likeness (QED) is 0.695. The molecule has 0 aromatic rings. The van der Waals surface area contributed by atoms with Gasteiger partial charge in [0, 0.05) is 18.1 Å². The van der Waals surface area contributed by atoms with Crippen LogP contribution in [0.25, 0.3) is 0 Å². The average molecular weight is 198 g/mol. The first-order valence-electron chi connectivity index (χ1n) is 6.21. The van der Waals surface area contributed by atoms with Gasteiger partial charge in [-0.25, -0.2) is 0 Å². The van der Waals surface area contributed by atoms with Crippen molar-refractivity contribution in [2.24, 2.45) is 0 Å². The molecule has 1 N–H and O–H groups in total. The normalized spacial score (nSPS) is 32.4. The highest BCUT2D eigenvalue weighted by atomic mass is 15.2. The predicted octanol–water partition coefficient (Wildman–Crippen LogP) is 2.25. The standard InChI is InChI=1S/C10H20N2.C2H6/c1-9(2)12-7-3-4-10(8-12)5-6-11-10;1-2/h9,11H,3-8H2,1-2H3;1-2H3. The lowest BCUT2D eigenvalue weighted by Crippen LogP contribution is -2.65. The number of nitrogens with zero attached hydrogens (tertiary/aromatic N) is 1. The van der Waals surface area contributed by atoms with Crippen LogP contribution in [0.2, 0.25) is 0 Å². The largest absolute Gasteiger partial charge is 0.310 e. The second-order valence-electron chi connectivity index (χ2n) is 4.62. The van der Waals surface area contributed by atoms with Crippen molar-refractivity contribution in [2.45, 2.75) is 58.5 Å². The Morgan fingerprint density at radius 1 is 1.21 bits per heavy atom. The molecule has 2 aliphatic heterocycles. The first kappa shape index (κ1) is 12.0. The van der Waals surface area contributed by atoms with Gasteiger partial charge in [0.1, 0.15) is 0 Å². The van der Waals surface area contributed by atoms with Crippen molar-refractivity contribution in [2.75, 3.05) is 19.6 Å². The number of rotatable bonds is 1. The van der Waals surface area contributed by atoms with Crippen LogP contribution in [0.5, 0.6) is 0 Å². The van der Waals surface area contributed by atoms with E-state index in [1.54, 1.807) is 0 Å². The maximum atomic E-state index is 3.60. The van der Waals surface area contributed by atoms with E-state index >= 15 is 0 Å². The minimum Gasteiger partial charge on any atom is -0.310 e. The molecule has 14 heavy (non-hydrogen) atoms. The number of likely N-dealkylation sites (tertiary alicyclic amines) is 1. The first-order valence-corrected chi connectivity index (χ1v) is 6.21. The Morgan fingerprint density at radius 2 is 1.86 bits per heavy atom. The summed E-state index contributed by atoms with van der Waals surface area (Å²) in [6.07, 6.45) is 4.18. The van der Waals surface area contributed by atoms with Gasteiger partial charge in [0.15, 0.2) is 0 Å². The molecule has 2 nitrogen and oxygen atoms in total. The van der Waals surface area contributed by atoms with E-state index in [1.807, 2.05) is 13.8 Å². The lowest BCUT2D eigenvalue weighted by Gasteiger charge is -2.50. The summed E-state index contributed by atoms with van der Waals surface area (Å²) in [5.74, 6) is 0. The van der Waals surface area contributed by atoms with E-state index in [4.69, 9.17) is 0 Å². The lowest BCUT2D eigenvalue weighted by molar-refractivity contribution is 0.0537. The Balaban J connectivity index is 0.000000461. The second-order valence-corrected chi connectivity index (χ2v) is 4.62. The summed E-state index contributed by atoms with van der Waals surface area (Å²) in [4.78, 5) is 2.61. The van der Waals surface area contributed by atoms with Crippen molar-refractivity contribution in [1.29, 1.82) is 0 Å². The number of hydrogen-bond acceptors (Lipinski definition) is 2. The molecule has 0 bridgehead atoms. The minimum atomic E-state index is 0.530. The molecule has 1 unspecified atom stereocenters. The van der Waals surface area contributed by atoms with Crippen molar-refractivity contribution in [3.05, 3.63) is 0 Å². The van der Waals surface area contributed by atoms with Crippen LogP contribution in [0.3, 0.4) is 0 Å². The smallest absolute Gasteiger partial charge is 0.0321 e. The summed E-state index contributed by atoms with van der Waals surface area (Å²) in [6.45, 7) is 12.4. The molecule has 0 aliphatic carbocycles. The van der Waals surface area contributed by atoms with Crippen molar-refractivity contribution in [3.8, 4) is 0 Å². The zero-order valence-corrected chi connectivity index (χ0v) is 10.3. The third-order valence-electron chi connectivity index (χ3n) is 3.44. The van der Waals surface area contributed by atoms with Gasteiger partial charge in [0.25, 0.3) is 0 Å². The molecule has 2 rings (SSSR count). The van der Waals surface area contributed by atoms with Gasteiger partial charge in [-0.15, -0.1) is 0 Å². The summed E-state index contributed by atoms with van der Waals surface area (Å²) in [7, 11) is 0. The van der Waals surface area contributed by atoms with Crippen LogP contribution in [-0.2, 0) is 0 Å². The molecular weight excluding hydrogens is 172 g/mol. The van der Waals surface area contributed by atoms with Gasteiger partial charge in [0.05, 0.1) is 0 Å². The van der Waals surface area contributed by atoms with Gasteiger partial charge in [-0.1, -0.05) is 13.8 Å². The molecule has 84 valence electrons. The molecule has 0 aromatic carbocycles. The summed E-state index contributed by atoms with van der Waals surface area (Å²) in [5.41, 5.74) is 0.530. The van der Waals surface area contributed by atoms with E-state index in [9.17, 15) is 0 Å². The molecular formula is C12H26N2. The molecule has 2 fully saturated rings. The first-order chi connectivity index (χ1) is 6.72. The molecule has 1 spiro atoms. The highest BCUT2D eigenvalue weighted by molar-refractivity contribution is 5.01. The molecule has 2 saturated heterocycles. The molecule has 2 aliphatic rings. The average Bonchev–Trinajstić information content (AvgIpc) is 2.19. The van der Waals surface area contributed by atoms with Crippen LogP contribution in [0.15, 0.2) is 0 Å². The third-order valence-corrected chi connectivity index (χ3v) is 3.44. The zero-order chi connectivity index (χ0) is 10.6. The topological polar surface area (TPSA) is 15.3 Å². The van der Waals surface area contributed by atoms with Crippen LogP contribution in [0.1, 0.15) is 47.0 Å². The van der Waals surface area contributed by atoms with E-state index < -0.39 is 0 Å². The fraction of sp³-hybridized carbons (Fsp3) is 1.00. The maximum Gasteiger partial charge on any atom is 0.0321 e.